The fourth-order valence-electron chi connectivity index (χ4n) is 2.20. The van der Waals surface area contributed by atoms with Gasteiger partial charge in [0.15, 0.2) is 11.6 Å². The number of hydrogen-bond donors (Lipinski definition) is 0. The van der Waals surface area contributed by atoms with Gasteiger partial charge in [0.05, 0.1) is 6.07 Å². The number of furan rings is 1. The molecule has 98 valence electrons. The molecular formula is C12H10ClN3O3. The number of aromatic nitrogens is 2. The Hall–Kier alpha value is -1.95. The van der Waals surface area contributed by atoms with E-state index in [9.17, 15) is 10.1 Å². The van der Waals surface area contributed by atoms with Crippen LogP contribution in [0.3, 0.4) is 0 Å². The third-order valence-electron chi connectivity index (χ3n) is 3.12. The summed E-state index contributed by atoms with van der Waals surface area (Å²) in [5.74, 6) is 0.244. The van der Waals surface area contributed by atoms with Crippen molar-refractivity contribution in [2.24, 2.45) is 0 Å². The Balaban J connectivity index is 2.05. The van der Waals surface area contributed by atoms with Crippen molar-refractivity contribution in [1.82, 2.24) is 9.97 Å². The fourth-order valence-corrected chi connectivity index (χ4v) is 2.49. The lowest BCUT2D eigenvalue weighted by Gasteiger charge is -2.15. The highest BCUT2D eigenvalue weighted by Crippen LogP contribution is 2.29. The molecule has 0 bridgehead atoms. The summed E-state index contributed by atoms with van der Waals surface area (Å²) in [6.45, 7) is 0. The van der Waals surface area contributed by atoms with Gasteiger partial charge in [-0.3, -0.25) is 10.1 Å². The lowest BCUT2D eigenvalue weighted by Crippen LogP contribution is -2.08. The molecule has 0 spiro atoms. The summed E-state index contributed by atoms with van der Waals surface area (Å²) in [6, 6.07) is 2.77. The number of halogens is 1. The maximum absolute atomic E-state index is 10.6. The third-order valence-corrected chi connectivity index (χ3v) is 3.44. The molecule has 1 aliphatic rings. The van der Waals surface area contributed by atoms with Crippen LogP contribution in [-0.4, -0.2) is 14.9 Å². The van der Waals surface area contributed by atoms with Gasteiger partial charge in [-0.15, -0.1) is 0 Å². The largest absolute Gasteiger partial charge is 0.433 e. The molecule has 19 heavy (non-hydrogen) atoms. The van der Waals surface area contributed by atoms with Gasteiger partial charge in [0.25, 0.3) is 0 Å². The molecule has 6 nitrogen and oxygen atoms in total. The van der Waals surface area contributed by atoms with Crippen LogP contribution in [0.15, 0.2) is 16.5 Å². The van der Waals surface area contributed by atoms with Crippen LogP contribution < -0.4 is 0 Å². The predicted molar refractivity (Wildman–Crippen MR) is 68.0 cm³/mol. The van der Waals surface area contributed by atoms with Crippen molar-refractivity contribution in [2.45, 2.75) is 25.7 Å². The fraction of sp³-hybridized carbons (Fsp3) is 0.333. The van der Waals surface area contributed by atoms with E-state index in [-0.39, 0.29) is 11.6 Å². The molecule has 1 aliphatic carbocycles. The first kappa shape index (κ1) is 12.1. The maximum Gasteiger partial charge on any atom is 0.433 e. The molecule has 0 radical (unpaired) electrons. The van der Waals surface area contributed by atoms with Gasteiger partial charge in [0.2, 0.25) is 0 Å². The molecule has 0 saturated carbocycles. The van der Waals surface area contributed by atoms with Crippen LogP contribution in [0, 0.1) is 10.1 Å². The van der Waals surface area contributed by atoms with Crippen molar-refractivity contribution >= 4 is 17.5 Å². The SMILES string of the molecule is O=[N+]([O-])c1ccc(-c2nc(Cl)c3c(n2)CCCC3)o1. The summed E-state index contributed by atoms with van der Waals surface area (Å²) in [7, 11) is 0. The van der Waals surface area contributed by atoms with Crippen LogP contribution >= 0.6 is 11.6 Å². The van der Waals surface area contributed by atoms with Crippen LogP contribution in [0.5, 0.6) is 0 Å². The van der Waals surface area contributed by atoms with E-state index in [1.807, 2.05) is 0 Å². The van der Waals surface area contributed by atoms with Crippen LogP contribution in [0.25, 0.3) is 11.6 Å². The van der Waals surface area contributed by atoms with E-state index in [0.29, 0.717) is 11.0 Å². The smallest absolute Gasteiger partial charge is 0.397 e. The normalized spacial score (nSPS) is 14.2. The number of fused-ring (bicyclic) bond motifs is 1. The summed E-state index contributed by atoms with van der Waals surface area (Å²) in [4.78, 5) is 18.6. The predicted octanol–water partition coefficient (Wildman–Crippen LogP) is 3.18. The van der Waals surface area contributed by atoms with Crippen molar-refractivity contribution in [3.8, 4) is 11.6 Å². The second kappa shape index (κ2) is 4.62. The minimum absolute atomic E-state index is 0.266. The minimum atomic E-state index is -0.594. The average Bonchev–Trinajstić information content (AvgIpc) is 2.88. The molecule has 2 heterocycles. The monoisotopic (exact) mass is 279 g/mol. The van der Waals surface area contributed by atoms with Gasteiger partial charge in [-0.1, -0.05) is 11.6 Å². The highest BCUT2D eigenvalue weighted by Gasteiger charge is 2.20. The van der Waals surface area contributed by atoms with Gasteiger partial charge in [0.1, 0.15) is 10.1 Å². The Labute approximate surface area is 113 Å². The zero-order valence-electron chi connectivity index (χ0n) is 9.93. The van der Waals surface area contributed by atoms with E-state index in [2.05, 4.69) is 9.97 Å². The quantitative estimate of drug-likeness (QED) is 0.479. The molecule has 7 heteroatoms. The Kier molecular flexibility index (Phi) is 2.94. The zero-order chi connectivity index (χ0) is 13.4. The van der Waals surface area contributed by atoms with Crippen LogP contribution in [0.4, 0.5) is 5.88 Å². The second-order valence-corrected chi connectivity index (χ2v) is 4.72. The van der Waals surface area contributed by atoms with Crippen molar-refractivity contribution in [3.05, 3.63) is 38.7 Å². The van der Waals surface area contributed by atoms with E-state index < -0.39 is 4.92 Å². The van der Waals surface area contributed by atoms with Gasteiger partial charge in [0, 0.05) is 11.3 Å². The van der Waals surface area contributed by atoms with E-state index >= 15 is 0 Å². The van der Waals surface area contributed by atoms with Gasteiger partial charge in [-0.2, -0.15) is 0 Å². The molecule has 0 aliphatic heterocycles. The van der Waals surface area contributed by atoms with E-state index in [0.717, 1.165) is 36.9 Å². The van der Waals surface area contributed by atoms with Gasteiger partial charge in [-0.25, -0.2) is 9.97 Å². The molecule has 0 N–H and O–H groups in total. The third kappa shape index (κ3) is 2.19. The first-order valence-corrected chi connectivity index (χ1v) is 6.33. The average molecular weight is 280 g/mol. The summed E-state index contributed by atoms with van der Waals surface area (Å²) in [5, 5.41) is 11.0. The molecule has 0 saturated heterocycles. The molecule has 2 aromatic heterocycles. The van der Waals surface area contributed by atoms with Gasteiger partial charge >= 0.3 is 5.88 Å². The van der Waals surface area contributed by atoms with Crippen LogP contribution in [0.1, 0.15) is 24.1 Å². The number of hydrogen-bond acceptors (Lipinski definition) is 5. The highest BCUT2D eigenvalue weighted by atomic mass is 35.5. The second-order valence-electron chi connectivity index (χ2n) is 4.37. The van der Waals surface area contributed by atoms with Crippen molar-refractivity contribution in [3.63, 3.8) is 0 Å². The Morgan fingerprint density at radius 2 is 2.05 bits per heavy atom. The number of nitro groups is 1. The summed E-state index contributed by atoms with van der Waals surface area (Å²) < 4.78 is 5.09. The molecule has 0 atom stereocenters. The van der Waals surface area contributed by atoms with Crippen molar-refractivity contribution in [1.29, 1.82) is 0 Å². The van der Waals surface area contributed by atoms with E-state index in [4.69, 9.17) is 16.0 Å². The van der Waals surface area contributed by atoms with Gasteiger partial charge in [-0.05, 0) is 31.7 Å². The molecule has 2 aromatic rings. The number of aryl methyl sites for hydroxylation is 1. The first-order chi connectivity index (χ1) is 9.15. The van der Waals surface area contributed by atoms with Gasteiger partial charge < -0.3 is 4.42 Å². The number of nitrogens with zero attached hydrogens (tertiary/aromatic N) is 3. The molecular weight excluding hydrogens is 270 g/mol. The number of rotatable bonds is 2. The minimum Gasteiger partial charge on any atom is -0.397 e. The summed E-state index contributed by atoms with van der Waals surface area (Å²) >= 11 is 6.14. The molecule has 0 fully saturated rings. The first-order valence-electron chi connectivity index (χ1n) is 5.95. The van der Waals surface area contributed by atoms with E-state index in [1.165, 1.54) is 12.1 Å². The summed E-state index contributed by atoms with van der Waals surface area (Å²) in [5.41, 5.74) is 1.90. The Bertz CT molecular complexity index is 654. The summed E-state index contributed by atoms with van der Waals surface area (Å²) in [6.07, 6.45) is 3.89. The lowest BCUT2D eigenvalue weighted by atomic mass is 9.97. The van der Waals surface area contributed by atoms with Crippen molar-refractivity contribution < 1.29 is 9.34 Å². The highest BCUT2D eigenvalue weighted by molar-refractivity contribution is 6.30. The Morgan fingerprint density at radius 1 is 1.26 bits per heavy atom. The molecule has 3 rings (SSSR count). The standard InChI is InChI=1S/C12H10ClN3O3/c13-11-7-3-1-2-4-8(7)14-12(15-11)9-5-6-10(19-9)16(17)18/h5-6H,1-4H2. The maximum atomic E-state index is 10.6. The molecule has 0 amide bonds. The Morgan fingerprint density at radius 3 is 2.79 bits per heavy atom. The van der Waals surface area contributed by atoms with Crippen molar-refractivity contribution in [2.75, 3.05) is 0 Å². The topological polar surface area (TPSA) is 82.1 Å². The van der Waals surface area contributed by atoms with E-state index in [1.54, 1.807) is 0 Å². The van der Waals surface area contributed by atoms with Crippen LogP contribution in [-0.2, 0) is 12.8 Å². The molecule has 0 aromatic carbocycles. The zero-order valence-corrected chi connectivity index (χ0v) is 10.7. The lowest BCUT2D eigenvalue weighted by molar-refractivity contribution is -0.401. The van der Waals surface area contributed by atoms with Crippen LogP contribution in [0.2, 0.25) is 5.15 Å². The molecule has 0 unspecified atom stereocenters.